The van der Waals surface area contributed by atoms with Crippen LogP contribution in [-0.2, 0) is 112 Å². The molecule has 0 aromatic heterocycles. The summed E-state index contributed by atoms with van der Waals surface area (Å²) in [5, 5.41) is 113. The Labute approximate surface area is 788 Å². The number of nitrogens with one attached hydrogen (secondary N) is 19. The number of hydrogen-bond donors (Lipinski definition) is 30. The first-order chi connectivity index (χ1) is 62.6. The fraction of sp³-hybridized carbons (Fsp3) is 0.654. The van der Waals surface area contributed by atoms with Crippen molar-refractivity contribution in [1.82, 2.24) is 101 Å². The largest absolute Gasteiger partial charge is 0.508 e. The summed E-state index contributed by atoms with van der Waals surface area (Å²) in [7, 11) is 0. The third-order valence-corrected chi connectivity index (χ3v) is 21.4. The van der Waals surface area contributed by atoms with Crippen molar-refractivity contribution in [3.63, 3.8) is 0 Å². The number of amides is 20. The first-order valence-electron chi connectivity index (χ1n) is 42.8. The number of nitrogens with two attached hydrogens (primary N) is 2. The van der Waals surface area contributed by atoms with Crippen LogP contribution in [0.4, 0.5) is 0 Å². The van der Waals surface area contributed by atoms with E-state index in [9.17, 15) is 136 Å². The van der Waals surface area contributed by atoms with E-state index in [-0.39, 0.29) is 37.9 Å². The number of carbonyl (C=O) groups excluding carboxylic acids is 20. The number of phenols is 1. The predicted octanol–water partition coefficient (Wildman–Crippen LogP) is -10.6. The highest BCUT2D eigenvalue weighted by Gasteiger charge is 2.40. The average Bonchev–Trinajstić information content (AvgIpc) is 0.836. The second-order valence-corrected chi connectivity index (χ2v) is 34.5. The van der Waals surface area contributed by atoms with Gasteiger partial charge >= 0.3 is 11.9 Å². The second kappa shape index (κ2) is 61.2. The molecule has 0 unspecified atom stereocenters. The van der Waals surface area contributed by atoms with Crippen LogP contribution in [0.5, 0.6) is 5.75 Å². The first kappa shape index (κ1) is 120. The maximum atomic E-state index is 14.4. The number of aliphatic carboxylic acids is 2. The number of aromatic hydroxyl groups is 1. The number of thiol groups is 2. The van der Waals surface area contributed by atoms with E-state index in [1.165, 1.54) is 84.5 Å². The third-order valence-electron chi connectivity index (χ3n) is 20.1. The van der Waals surface area contributed by atoms with Gasteiger partial charge in [0, 0.05) is 24.3 Å². The van der Waals surface area contributed by atoms with Gasteiger partial charge in [-0.05, 0) is 114 Å². The van der Waals surface area contributed by atoms with Gasteiger partial charge in [0.1, 0.15) is 115 Å². The summed E-state index contributed by atoms with van der Waals surface area (Å²) in [6.45, 7) is 13.8. The van der Waals surface area contributed by atoms with Gasteiger partial charge in [0.05, 0.1) is 45.4 Å². The number of carbonyl (C=O) groups is 22. The van der Waals surface area contributed by atoms with Crippen LogP contribution in [0.3, 0.4) is 0 Å². The van der Waals surface area contributed by atoms with E-state index < -0.39 is 332 Å². The molecule has 53 heteroatoms. The van der Waals surface area contributed by atoms with E-state index in [0.29, 0.717) is 11.3 Å². The molecule has 0 saturated carbocycles. The van der Waals surface area contributed by atoms with Crippen molar-refractivity contribution in [1.29, 1.82) is 0 Å². The number of aliphatic hydroxyl groups excluding tert-OH is 4. The van der Waals surface area contributed by atoms with E-state index in [1.54, 1.807) is 40.9 Å². The fourth-order valence-electron chi connectivity index (χ4n) is 12.0. The molecule has 50 nitrogen and oxygen atoms in total. The smallest absolute Gasteiger partial charge is 0.325 e. The normalized spacial score (nSPS) is 15.6. The van der Waals surface area contributed by atoms with Crippen molar-refractivity contribution in [3.05, 3.63) is 29.8 Å². The molecule has 1 aromatic rings. The van der Waals surface area contributed by atoms with Gasteiger partial charge in [0.15, 0.2) is 0 Å². The SMILES string of the molecule is CC[C@H](C)[C@H](NC(=O)[C@H](CC(C)C)NC(=O)[C@H](CO)NC(=O)[C@H](CCC(=O)O)NC(=O)[C@H](CC(C)C)NC(=O)[C@H](C)NC(=O)[C@H](C)NC(=O)[C@H](CS)NC(=O)[C@H](Cc1ccc(O)cc1)NC(=O)[C@H](CCSC)NC(=O)CNC(=O)[C@H](C)NC(=O)[C@@H](N)[C@@H](C)O)C(=O)N[C@@H](CC(N)=O)C(=O)N[C@H](C(=O)N[C@@H](CO)C(=O)NCC(=O)N[C@@H](CS)C(=O)N[C@@H](CO)C(=O)N[C@@H](C)C(=O)O)C(C)C. The molecule has 0 aliphatic heterocycles. The number of thioether (sulfide) groups is 1. The van der Waals surface area contributed by atoms with Gasteiger partial charge in [-0.25, -0.2) is 0 Å². The summed E-state index contributed by atoms with van der Waals surface area (Å²) in [6, 6.07) is -22.8. The van der Waals surface area contributed by atoms with E-state index >= 15 is 0 Å². The Morgan fingerprint density at radius 2 is 0.731 bits per heavy atom. The van der Waals surface area contributed by atoms with Gasteiger partial charge in [0.25, 0.3) is 0 Å². The zero-order valence-corrected chi connectivity index (χ0v) is 79.6. The maximum Gasteiger partial charge on any atom is 0.325 e. The third kappa shape index (κ3) is 43.9. The fourth-order valence-corrected chi connectivity index (χ4v) is 12.9. The molecule has 0 aliphatic rings. The van der Waals surface area contributed by atoms with Crippen LogP contribution < -0.4 is 112 Å². The van der Waals surface area contributed by atoms with Crippen molar-refractivity contribution in [2.45, 2.75) is 256 Å². The van der Waals surface area contributed by atoms with Crippen LogP contribution in [0.15, 0.2) is 24.3 Å². The minimum Gasteiger partial charge on any atom is -0.508 e. The number of primary amides is 1. The molecule has 0 bridgehead atoms. The number of benzene rings is 1. The van der Waals surface area contributed by atoms with Crippen LogP contribution in [0.2, 0.25) is 0 Å². The summed E-state index contributed by atoms with van der Waals surface area (Å²) in [6.07, 6.45) is -2.37. The first-order valence-corrected chi connectivity index (χ1v) is 45.5. The van der Waals surface area contributed by atoms with Crippen LogP contribution in [0.1, 0.15) is 141 Å². The standard InChI is InChI=1S/C81H133N21O29S3/c1-15-38(8)63(80(129)96-51(27-57(82)108)73(122)101-62(37(6)7)79(128)99-52(30-103)67(116)85-29-59(110)91-55(33-132)77(126)98-53(31-104)74(123)89-42(12)81(130)131)102-72(121)49(25-36(4)5)94-75(124)54(32-105)97-68(117)46(20-21-60(111)112)92-70(119)48(24-35(2)3)93-66(115)41(11)86-65(114)40(10)87-76(125)56(34-133)100-71(120)50(26-44-16-18-45(107)19-17-44)95-69(118)47(22-23-134-14)90-58(109)28-84-64(113)39(9)88-78(127)61(83)43(13)106/h16-19,35-43,46-56,61-63,103-107,132-133H,15,20-34,83H2,1-14H3,(H2,82,108)(H,84,113)(H,85,116)(H,86,114)(H,87,125)(H,88,127)(H,89,123)(H,90,109)(H,91,110)(H,92,119)(H,93,115)(H,94,124)(H,95,118)(H,96,129)(H,97,117)(H,98,126)(H,99,128)(H,100,120)(H,101,122)(H,102,121)(H,111,112)(H,130,131)/t38-,39-,40-,41-,42-,43+,46-,47-,48-,49-,50-,51-,52-,53-,54-,55-,56-,61-,62-,63-/m0/s1. The predicted molar refractivity (Wildman–Crippen MR) is 486 cm³/mol. The zero-order chi connectivity index (χ0) is 102. The highest BCUT2D eigenvalue weighted by atomic mass is 32.2. The quantitative estimate of drug-likeness (QED) is 0.0269. The highest BCUT2D eigenvalue weighted by molar-refractivity contribution is 7.98. The van der Waals surface area contributed by atoms with Crippen molar-refractivity contribution in [3.8, 4) is 5.75 Å². The van der Waals surface area contributed by atoms with E-state index in [1.807, 2.05) is 0 Å². The average molecular weight is 1960 g/mol. The van der Waals surface area contributed by atoms with E-state index in [0.717, 1.165) is 6.92 Å². The molecule has 0 radical (unpaired) electrons. The number of phenolic OH excluding ortho intramolecular Hbond substituents is 1. The lowest BCUT2D eigenvalue weighted by Crippen LogP contribution is -2.62. The lowest BCUT2D eigenvalue weighted by atomic mass is 9.96. The Morgan fingerprint density at radius 3 is 1.20 bits per heavy atom. The molecule has 0 spiro atoms. The second-order valence-electron chi connectivity index (χ2n) is 32.8. The molecule has 20 amide bonds. The van der Waals surface area contributed by atoms with Gasteiger partial charge in [-0.3, -0.25) is 105 Å². The molecular formula is C81H133N21O29S3. The van der Waals surface area contributed by atoms with Gasteiger partial charge < -0.3 is 148 Å². The number of rotatable bonds is 62. The lowest BCUT2D eigenvalue weighted by Gasteiger charge is -2.30. The molecule has 0 aliphatic carbocycles. The Bertz CT molecular complexity index is 4210. The summed E-state index contributed by atoms with van der Waals surface area (Å²) in [5.41, 5.74) is 11.5. The van der Waals surface area contributed by atoms with E-state index in [2.05, 4.69) is 126 Å². The molecule has 134 heavy (non-hydrogen) atoms. The number of aliphatic hydroxyl groups is 4. The van der Waals surface area contributed by atoms with E-state index in [4.69, 9.17) is 16.6 Å². The van der Waals surface area contributed by atoms with Crippen LogP contribution >= 0.6 is 37.0 Å². The zero-order valence-electron chi connectivity index (χ0n) is 77.0. The molecule has 1 rings (SSSR count). The monoisotopic (exact) mass is 1960 g/mol. The molecule has 754 valence electrons. The van der Waals surface area contributed by atoms with Crippen molar-refractivity contribution < 1.29 is 141 Å². The molecule has 30 N–H and O–H groups in total. The van der Waals surface area contributed by atoms with Gasteiger partial charge in [-0.15, -0.1) is 0 Å². The minimum absolute atomic E-state index is 0.00488. The van der Waals surface area contributed by atoms with Crippen LogP contribution in [0, 0.1) is 23.7 Å². The summed E-state index contributed by atoms with van der Waals surface area (Å²) >= 11 is 9.55. The molecule has 0 saturated heterocycles. The Kier molecular flexibility index (Phi) is 54.9. The van der Waals surface area contributed by atoms with Crippen LogP contribution in [-0.4, -0.2) is 337 Å². The lowest BCUT2D eigenvalue weighted by molar-refractivity contribution is -0.142. The summed E-state index contributed by atoms with van der Waals surface area (Å²) in [4.78, 5) is 294. The van der Waals surface area contributed by atoms with Crippen molar-refractivity contribution in [2.75, 3.05) is 56.4 Å². The molecular weight excluding hydrogens is 1830 g/mol. The Balaban J connectivity index is 3.38. The molecule has 1 aromatic carbocycles. The molecule has 20 atom stereocenters. The van der Waals surface area contributed by atoms with Gasteiger partial charge in [-0.1, -0.05) is 73.9 Å². The molecule has 0 fully saturated rings. The number of carboxylic acids is 2. The molecule has 0 heterocycles. The Morgan fingerprint density at radius 1 is 0.388 bits per heavy atom. The van der Waals surface area contributed by atoms with Crippen molar-refractivity contribution >= 4 is 167 Å². The van der Waals surface area contributed by atoms with Crippen molar-refractivity contribution in [2.24, 2.45) is 35.1 Å². The highest BCUT2D eigenvalue weighted by Crippen LogP contribution is 2.17. The topological polar surface area (TPSA) is 798 Å². The maximum absolute atomic E-state index is 14.4. The van der Waals surface area contributed by atoms with Gasteiger partial charge in [0.2, 0.25) is 118 Å². The number of carboxylic acid groups (broad SMARTS) is 2. The minimum atomic E-state index is -1.96. The van der Waals surface area contributed by atoms with Crippen LogP contribution in [0.25, 0.3) is 0 Å². The van der Waals surface area contributed by atoms with Gasteiger partial charge in [-0.2, -0.15) is 37.0 Å². The summed E-state index contributed by atoms with van der Waals surface area (Å²) in [5.74, 6) is -27.0. The number of hydrogen-bond acceptors (Lipinski definition) is 31. The Hall–Kier alpha value is -11.8. The summed E-state index contributed by atoms with van der Waals surface area (Å²) < 4.78 is 0.